The highest BCUT2D eigenvalue weighted by Gasteiger charge is 2.28. The van der Waals surface area contributed by atoms with Crippen molar-refractivity contribution in [2.24, 2.45) is 5.92 Å². The molecule has 1 N–H and O–H groups in total. The van der Waals surface area contributed by atoms with Gasteiger partial charge < -0.3 is 10.2 Å². The Kier molecular flexibility index (Phi) is 5.45. The number of halogens is 1. The number of thiocarbonyl (C=S) groups is 1. The number of amides is 1. The topological polar surface area (TPSA) is 59.4 Å². The van der Waals surface area contributed by atoms with Crippen molar-refractivity contribution in [1.82, 2.24) is 4.90 Å². The van der Waals surface area contributed by atoms with Crippen LogP contribution in [0, 0.1) is 17.2 Å². The smallest absolute Gasteiger partial charge is 0.230 e. The van der Waals surface area contributed by atoms with Crippen LogP contribution in [-0.2, 0) is 11.2 Å². The second kappa shape index (κ2) is 7.16. The van der Waals surface area contributed by atoms with Crippen LogP contribution >= 0.6 is 23.8 Å². The molecule has 1 aliphatic rings. The fourth-order valence-electron chi connectivity index (χ4n) is 2.49. The summed E-state index contributed by atoms with van der Waals surface area (Å²) in [5, 5.41) is 13.2. The molecule has 0 radical (unpaired) electrons. The first-order valence-electron chi connectivity index (χ1n) is 7.34. The van der Waals surface area contributed by atoms with Crippen LogP contribution in [-0.4, -0.2) is 36.6 Å². The molecule has 1 amide bonds. The summed E-state index contributed by atoms with van der Waals surface area (Å²) < 4.78 is 0. The zero-order chi connectivity index (χ0) is 17.1. The molecule has 2 rings (SSSR count). The minimum Gasteiger partial charge on any atom is -0.355 e. The predicted octanol–water partition coefficient (Wildman–Crippen LogP) is 3.04. The van der Waals surface area contributed by atoms with Crippen LogP contribution < -0.4 is 10.2 Å². The number of nitrogens with zero attached hydrogens (tertiary/aromatic N) is 3. The van der Waals surface area contributed by atoms with E-state index in [-0.39, 0.29) is 18.4 Å². The standard InChI is InChI=1S/C16H19ClN4OS/c1-10-4-5-11-8-12(17)13(19-16(23)20(2)3)9-14(11)21(7-6-18)15(10)22/h8-10H,4-5,7H2,1-3H3,(H,19,23). The summed E-state index contributed by atoms with van der Waals surface area (Å²) in [6.45, 7) is 1.91. The highest BCUT2D eigenvalue weighted by molar-refractivity contribution is 7.80. The van der Waals surface area contributed by atoms with Crippen molar-refractivity contribution < 1.29 is 4.79 Å². The van der Waals surface area contributed by atoms with Crippen LogP contribution in [0.2, 0.25) is 5.02 Å². The number of hydrogen-bond donors (Lipinski definition) is 1. The van der Waals surface area contributed by atoms with Gasteiger partial charge in [-0.3, -0.25) is 9.69 Å². The number of nitrogens with one attached hydrogen (secondary N) is 1. The SMILES string of the molecule is CC1CCc2cc(Cl)c(NC(=S)N(C)C)cc2N(CC#N)C1=O. The van der Waals surface area contributed by atoms with Crippen LogP contribution in [0.15, 0.2) is 12.1 Å². The number of fused-ring (bicyclic) bond motifs is 1. The molecule has 0 bridgehead atoms. The number of rotatable bonds is 2. The zero-order valence-corrected chi connectivity index (χ0v) is 15.0. The number of nitriles is 1. The molecule has 0 fully saturated rings. The van der Waals surface area contributed by atoms with Crippen molar-refractivity contribution in [3.05, 3.63) is 22.7 Å². The summed E-state index contributed by atoms with van der Waals surface area (Å²) in [7, 11) is 3.67. The maximum Gasteiger partial charge on any atom is 0.230 e. The molecule has 1 aliphatic heterocycles. The highest BCUT2D eigenvalue weighted by atomic mass is 35.5. The summed E-state index contributed by atoms with van der Waals surface area (Å²) in [6.07, 6.45) is 1.50. The van der Waals surface area contributed by atoms with Gasteiger partial charge >= 0.3 is 0 Å². The maximum absolute atomic E-state index is 12.5. The molecule has 122 valence electrons. The van der Waals surface area contributed by atoms with Crippen molar-refractivity contribution in [1.29, 1.82) is 5.26 Å². The summed E-state index contributed by atoms with van der Waals surface area (Å²) >= 11 is 11.6. The number of hydrogen-bond acceptors (Lipinski definition) is 3. The van der Waals surface area contributed by atoms with Gasteiger partial charge in [0, 0.05) is 20.0 Å². The first-order chi connectivity index (χ1) is 10.8. The van der Waals surface area contributed by atoms with E-state index < -0.39 is 0 Å². The van der Waals surface area contributed by atoms with Gasteiger partial charge in [0.25, 0.3) is 0 Å². The molecule has 5 nitrogen and oxygen atoms in total. The number of carbonyl (C=O) groups is 1. The van der Waals surface area contributed by atoms with Gasteiger partial charge in [0.05, 0.1) is 22.5 Å². The average Bonchev–Trinajstić information content (AvgIpc) is 2.61. The van der Waals surface area contributed by atoms with Crippen molar-refractivity contribution >= 4 is 46.2 Å². The molecule has 23 heavy (non-hydrogen) atoms. The van der Waals surface area contributed by atoms with E-state index in [1.165, 1.54) is 4.90 Å². The third-order valence-electron chi connectivity index (χ3n) is 3.87. The maximum atomic E-state index is 12.5. The number of aryl methyl sites for hydroxylation is 1. The number of carbonyl (C=O) groups excluding carboxylic acids is 1. The molecule has 0 spiro atoms. The molecular formula is C16H19ClN4OS. The van der Waals surface area contributed by atoms with Crippen molar-refractivity contribution in [2.75, 3.05) is 30.9 Å². The third-order valence-corrected chi connectivity index (χ3v) is 4.65. The molecule has 1 aromatic carbocycles. The van der Waals surface area contributed by atoms with Crippen LogP contribution in [0.4, 0.5) is 11.4 Å². The van der Waals surface area contributed by atoms with Gasteiger partial charge in [0.15, 0.2) is 5.11 Å². The lowest BCUT2D eigenvalue weighted by Crippen LogP contribution is -2.34. The van der Waals surface area contributed by atoms with Crippen LogP contribution in [0.3, 0.4) is 0 Å². The Hall–Kier alpha value is -1.84. The first-order valence-corrected chi connectivity index (χ1v) is 8.12. The second-order valence-corrected chi connectivity index (χ2v) is 6.60. The Morgan fingerprint density at radius 3 is 2.87 bits per heavy atom. The van der Waals surface area contributed by atoms with Gasteiger partial charge in [0.1, 0.15) is 6.54 Å². The molecule has 0 aromatic heterocycles. The van der Waals surface area contributed by atoms with E-state index >= 15 is 0 Å². The molecule has 1 aromatic rings. The first kappa shape index (κ1) is 17.5. The normalized spacial score (nSPS) is 17.1. The van der Waals surface area contributed by atoms with E-state index in [0.717, 1.165) is 24.1 Å². The second-order valence-electron chi connectivity index (χ2n) is 5.81. The minimum absolute atomic E-state index is 0.0232. The fraction of sp³-hybridized carbons (Fsp3) is 0.438. The molecule has 0 aliphatic carbocycles. The Balaban J connectivity index is 2.48. The van der Waals surface area contributed by atoms with E-state index in [1.807, 2.05) is 27.1 Å². The Bertz CT molecular complexity index is 683. The molecule has 0 saturated carbocycles. The van der Waals surface area contributed by atoms with Crippen molar-refractivity contribution in [2.45, 2.75) is 19.8 Å². The van der Waals surface area contributed by atoms with Crippen LogP contribution in [0.5, 0.6) is 0 Å². The van der Waals surface area contributed by atoms with E-state index in [4.69, 9.17) is 29.1 Å². The predicted molar refractivity (Wildman–Crippen MR) is 96.8 cm³/mol. The Labute approximate surface area is 146 Å². The summed E-state index contributed by atoms with van der Waals surface area (Å²) in [5.74, 6) is -0.150. The zero-order valence-electron chi connectivity index (χ0n) is 13.4. The summed E-state index contributed by atoms with van der Waals surface area (Å²) in [5.41, 5.74) is 2.34. The van der Waals surface area contributed by atoms with Gasteiger partial charge in [0.2, 0.25) is 5.91 Å². The third kappa shape index (κ3) is 3.74. The largest absolute Gasteiger partial charge is 0.355 e. The monoisotopic (exact) mass is 350 g/mol. The van der Waals surface area contributed by atoms with Crippen LogP contribution in [0.25, 0.3) is 0 Å². The number of benzene rings is 1. The lowest BCUT2D eigenvalue weighted by atomic mass is 10.0. The van der Waals surface area contributed by atoms with E-state index in [1.54, 1.807) is 11.0 Å². The van der Waals surface area contributed by atoms with E-state index in [0.29, 0.717) is 15.8 Å². The summed E-state index contributed by atoms with van der Waals surface area (Å²) in [6, 6.07) is 5.73. The fourth-order valence-corrected chi connectivity index (χ4v) is 2.83. The van der Waals surface area contributed by atoms with Crippen molar-refractivity contribution in [3.63, 3.8) is 0 Å². The molecule has 1 unspecified atom stereocenters. The van der Waals surface area contributed by atoms with E-state index in [2.05, 4.69) is 11.4 Å². The summed E-state index contributed by atoms with van der Waals surface area (Å²) in [4.78, 5) is 15.8. The van der Waals surface area contributed by atoms with Gasteiger partial charge in [-0.25, -0.2) is 0 Å². The van der Waals surface area contributed by atoms with Crippen molar-refractivity contribution in [3.8, 4) is 6.07 Å². The van der Waals surface area contributed by atoms with Gasteiger partial charge in [-0.05, 0) is 42.8 Å². The molecule has 7 heteroatoms. The van der Waals surface area contributed by atoms with Gasteiger partial charge in [-0.15, -0.1) is 0 Å². The van der Waals surface area contributed by atoms with Gasteiger partial charge in [-0.2, -0.15) is 5.26 Å². The highest BCUT2D eigenvalue weighted by Crippen LogP contribution is 2.36. The molecular weight excluding hydrogens is 332 g/mol. The lowest BCUT2D eigenvalue weighted by Gasteiger charge is -2.24. The quantitative estimate of drug-likeness (QED) is 0.656. The van der Waals surface area contributed by atoms with Crippen LogP contribution in [0.1, 0.15) is 18.9 Å². The van der Waals surface area contributed by atoms with E-state index in [9.17, 15) is 4.79 Å². The Morgan fingerprint density at radius 1 is 1.57 bits per heavy atom. The molecule has 0 saturated heterocycles. The Morgan fingerprint density at radius 2 is 2.26 bits per heavy atom. The lowest BCUT2D eigenvalue weighted by molar-refractivity contribution is -0.121. The minimum atomic E-state index is -0.117. The molecule has 1 atom stereocenters. The average molecular weight is 351 g/mol. The van der Waals surface area contributed by atoms with Gasteiger partial charge in [-0.1, -0.05) is 18.5 Å². The molecule has 1 heterocycles. The number of anilines is 2.